The lowest BCUT2D eigenvalue weighted by atomic mass is 9.94. The van der Waals surface area contributed by atoms with Crippen LogP contribution in [0.5, 0.6) is 0 Å². The summed E-state index contributed by atoms with van der Waals surface area (Å²) in [5.74, 6) is 0. The van der Waals surface area contributed by atoms with Crippen molar-refractivity contribution in [2.24, 2.45) is 0 Å². The van der Waals surface area contributed by atoms with E-state index in [9.17, 15) is 0 Å². The topological polar surface area (TPSA) is 0 Å². The highest BCUT2D eigenvalue weighted by Crippen LogP contribution is 2.37. The smallest absolute Gasteiger partial charge is 0.0844 e. The number of alkyl halides is 1. The van der Waals surface area contributed by atoms with Crippen LogP contribution in [-0.2, 0) is 6.42 Å². The molecule has 0 nitrogen and oxygen atoms in total. The van der Waals surface area contributed by atoms with Crippen LogP contribution >= 0.6 is 27.5 Å². The summed E-state index contributed by atoms with van der Waals surface area (Å²) >= 11 is 10.5. The van der Waals surface area contributed by atoms with Gasteiger partial charge in [-0.2, -0.15) is 0 Å². The molecule has 3 rings (SSSR count). The third kappa shape index (κ3) is 2.73. The van der Waals surface area contributed by atoms with Crippen molar-refractivity contribution in [2.75, 3.05) is 0 Å². The fraction of sp³-hybridized carbons (Fsp3) is 0.158. The lowest BCUT2D eigenvalue weighted by molar-refractivity contribution is 1.05. The largest absolute Gasteiger partial charge is 0.113 e. The molecule has 0 aliphatic heterocycles. The highest BCUT2D eigenvalue weighted by molar-refractivity contribution is 9.10. The molecular formula is C19H16BrCl. The first-order valence-electron chi connectivity index (χ1n) is 7.11. The van der Waals surface area contributed by atoms with Crippen LogP contribution in [0, 0.1) is 0 Å². The van der Waals surface area contributed by atoms with Gasteiger partial charge in [0.25, 0.3) is 0 Å². The van der Waals surface area contributed by atoms with Gasteiger partial charge in [0.2, 0.25) is 0 Å². The van der Waals surface area contributed by atoms with Gasteiger partial charge >= 0.3 is 0 Å². The molecule has 0 saturated carbocycles. The average molecular weight is 360 g/mol. The maximum atomic E-state index is 6.83. The van der Waals surface area contributed by atoms with Gasteiger partial charge in [0, 0.05) is 4.47 Å². The van der Waals surface area contributed by atoms with Crippen LogP contribution in [0.25, 0.3) is 10.8 Å². The van der Waals surface area contributed by atoms with Crippen molar-refractivity contribution in [3.63, 3.8) is 0 Å². The van der Waals surface area contributed by atoms with E-state index in [4.69, 9.17) is 11.6 Å². The number of hydrogen-bond acceptors (Lipinski definition) is 0. The molecule has 1 atom stereocenters. The van der Waals surface area contributed by atoms with E-state index in [1.54, 1.807) is 0 Å². The van der Waals surface area contributed by atoms with Crippen molar-refractivity contribution >= 4 is 38.3 Å². The van der Waals surface area contributed by atoms with Gasteiger partial charge in [-0.15, -0.1) is 11.6 Å². The number of halogens is 2. The quantitative estimate of drug-likeness (QED) is 0.469. The van der Waals surface area contributed by atoms with Crippen molar-refractivity contribution in [3.8, 4) is 0 Å². The summed E-state index contributed by atoms with van der Waals surface area (Å²) in [6.07, 6.45) is 0.994. The van der Waals surface area contributed by atoms with E-state index in [0.29, 0.717) is 0 Å². The van der Waals surface area contributed by atoms with Crippen molar-refractivity contribution < 1.29 is 0 Å². The molecule has 0 fully saturated rings. The van der Waals surface area contributed by atoms with Crippen LogP contribution in [0.15, 0.2) is 65.1 Å². The van der Waals surface area contributed by atoms with E-state index in [-0.39, 0.29) is 5.38 Å². The zero-order chi connectivity index (χ0) is 14.8. The predicted molar refractivity (Wildman–Crippen MR) is 95.2 cm³/mol. The summed E-state index contributed by atoms with van der Waals surface area (Å²) < 4.78 is 1.11. The molecule has 0 bridgehead atoms. The Balaban J connectivity index is 2.18. The summed E-state index contributed by atoms with van der Waals surface area (Å²) in [5, 5.41) is 2.28. The van der Waals surface area contributed by atoms with Gasteiger partial charge in [-0.05, 0) is 39.9 Å². The molecule has 3 aromatic rings. The summed E-state index contributed by atoms with van der Waals surface area (Å²) in [5.41, 5.74) is 3.68. The van der Waals surface area contributed by atoms with Crippen LogP contribution in [0.2, 0.25) is 0 Å². The van der Waals surface area contributed by atoms with Crippen LogP contribution in [0.1, 0.15) is 29.0 Å². The Morgan fingerprint density at radius 1 is 0.857 bits per heavy atom. The second-order valence-corrected chi connectivity index (χ2v) is 6.39. The molecule has 0 radical (unpaired) electrons. The molecule has 0 N–H and O–H groups in total. The molecule has 21 heavy (non-hydrogen) atoms. The zero-order valence-corrected chi connectivity index (χ0v) is 14.2. The van der Waals surface area contributed by atoms with Gasteiger partial charge in [0.1, 0.15) is 0 Å². The molecule has 1 unspecified atom stereocenters. The Bertz CT molecular complexity index is 779. The predicted octanol–water partition coefficient (Wildman–Crippen LogP) is 6.49. The molecule has 0 spiro atoms. The zero-order valence-electron chi connectivity index (χ0n) is 11.8. The second kappa shape index (κ2) is 6.21. The summed E-state index contributed by atoms with van der Waals surface area (Å²) in [6, 6.07) is 21.0. The van der Waals surface area contributed by atoms with Crippen molar-refractivity contribution in [2.45, 2.75) is 18.7 Å². The summed E-state index contributed by atoms with van der Waals surface area (Å²) in [4.78, 5) is 0. The minimum absolute atomic E-state index is 0.126. The Kier molecular flexibility index (Phi) is 4.32. The normalized spacial score (nSPS) is 12.5. The summed E-state index contributed by atoms with van der Waals surface area (Å²) in [6.45, 7) is 2.17. The molecule has 3 aromatic carbocycles. The van der Waals surface area contributed by atoms with Crippen LogP contribution in [0.3, 0.4) is 0 Å². The number of hydrogen-bond donors (Lipinski definition) is 0. The van der Waals surface area contributed by atoms with E-state index >= 15 is 0 Å². The van der Waals surface area contributed by atoms with E-state index < -0.39 is 0 Å². The third-order valence-electron chi connectivity index (χ3n) is 3.89. The van der Waals surface area contributed by atoms with Crippen LogP contribution < -0.4 is 0 Å². The average Bonchev–Trinajstić information content (AvgIpc) is 2.55. The number of fused-ring (bicyclic) bond motifs is 1. The Morgan fingerprint density at radius 3 is 2.29 bits per heavy atom. The first kappa shape index (κ1) is 14.6. The highest BCUT2D eigenvalue weighted by atomic mass is 79.9. The van der Waals surface area contributed by atoms with E-state index in [1.807, 2.05) is 0 Å². The van der Waals surface area contributed by atoms with Crippen LogP contribution in [-0.4, -0.2) is 0 Å². The van der Waals surface area contributed by atoms with E-state index in [2.05, 4.69) is 83.5 Å². The van der Waals surface area contributed by atoms with Crippen molar-refractivity contribution in [1.29, 1.82) is 0 Å². The first-order chi connectivity index (χ1) is 10.2. The fourth-order valence-corrected chi connectivity index (χ4v) is 3.66. The van der Waals surface area contributed by atoms with E-state index in [1.165, 1.54) is 21.9 Å². The lowest BCUT2D eigenvalue weighted by Crippen LogP contribution is -1.99. The Hall–Kier alpha value is -1.31. The first-order valence-corrected chi connectivity index (χ1v) is 8.34. The van der Waals surface area contributed by atoms with Gasteiger partial charge in [0.15, 0.2) is 0 Å². The monoisotopic (exact) mass is 358 g/mol. The molecule has 106 valence electrons. The highest BCUT2D eigenvalue weighted by Gasteiger charge is 2.17. The number of aryl methyl sites for hydroxylation is 1. The van der Waals surface area contributed by atoms with Gasteiger partial charge in [-0.1, -0.05) is 77.5 Å². The van der Waals surface area contributed by atoms with Crippen LogP contribution in [0.4, 0.5) is 0 Å². The number of rotatable bonds is 3. The standard InChI is InChI=1S/C19H16BrCl/c1-2-13-7-3-4-8-14(13)19(21)17-11-12-18(20)16-10-6-5-9-15(16)17/h3-12,19H,2H2,1H3. The lowest BCUT2D eigenvalue weighted by Gasteiger charge is -2.17. The fourth-order valence-electron chi connectivity index (χ4n) is 2.78. The van der Waals surface area contributed by atoms with E-state index in [0.717, 1.165) is 16.5 Å². The second-order valence-electron chi connectivity index (χ2n) is 5.10. The maximum Gasteiger partial charge on any atom is 0.0844 e. The van der Waals surface area contributed by atoms with Gasteiger partial charge < -0.3 is 0 Å². The molecule has 0 aromatic heterocycles. The Morgan fingerprint density at radius 2 is 1.52 bits per heavy atom. The Labute approximate surface area is 138 Å². The minimum atomic E-state index is -0.126. The molecule has 0 amide bonds. The maximum absolute atomic E-state index is 6.83. The van der Waals surface area contributed by atoms with Gasteiger partial charge in [0.05, 0.1) is 5.38 Å². The molecule has 2 heteroatoms. The molecule has 0 saturated heterocycles. The minimum Gasteiger partial charge on any atom is -0.113 e. The SMILES string of the molecule is CCc1ccccc1C(Cl)c1ccc(Br)c2ccccc12. The summed E-state index contributed by atoms with van der Waals surface area (Å²) in [7, 11) is 0. The molecule has 0 heterocycles. The molecule has 0 aliphatic rings. The van der Waals surface area contributed by atoms with Crippen molar-refractivity contribution in [3.05, 3.63) is 81.8 Å². The van der Waals surface area contributed by atoms with Gasteiger partial charge in [-0.3, -0.25) is 0 Å². The molecule has 0 aliphatic carbocycles. The third-order valence-corrected chi connectivity index (χ3v) is 5.05. The van der Waals surface area contributed by atoms with Gasteiger partial charge in [-0.25, -0.2) is 0 Å². The van der Waals surface area contributed by atoms with Crippen molar-refractivity contribution in [1.82, 2.24) is 0 Å². The number of benzene rings is 3. The molecular weight excluding hydrogens is 344 g/mol.